The Kier molecular flexibility index (Phi) is 4.50. The molecule has 0 aliphatic carbocycles. The Balaban J connectivity index is 1.90. The standard InChI is InChI=1S/C15H13ClN6S/c1-10-7-13(19-18-10)14-20-21-15(23)22(14)17-9-12(16)8-11-5-3-2-4-6-11/h2-9H,1H3,(H,18,19)(H,21,23)/b12-8-,17-9+. The lowest BCUT2D eigenvalue weighted by Gasteiger charge is -1.97. The molecule has 8 heteroatoms. The Bertz CT molecular complexity index is 919. The van der Waals surface area contributed by atoms with E-state index in [4.69, 9.17) is 23.8 Å². The molecule has 3 aromatic rings. The van der Waals surface area contributed by atoms with Gasteiger partial charge in [0.15, 0.2) is 0 Å². The van der Waals surface area contributed by atoms with Crippen LogP contribution < -0.4 is 0 Å². The van der Waals surface area contributed by atoms with E-state index in [0.717, 1.165) is 11.3 Å². The molecular formula is C15H13ClN6S. The van der Waals surface area contributed by atoms with Gasteiger partial charge in [0.1, 0.15) is 5.69 Å². The highest BCUT2D eigenvalue weighted by atomic mass is 35.5. The van der Waals surface area contributed by atoms with Gasteiger partial charge >= 0.3 is 0 Å². The molecule has 0 bridgehead atoms. The van der Waals surface area contributed by atoms with E-state index in [-0.39, 0.29) is 0 Å². The fraction of sp³-hybridized carbons (Fsp3) is 0.0667. The first-order valence-electron chi connectivity index (χ1n) is 6.80. The number of H-pyrrole nitrogens is 2. The third-order valence-corrected chi connectivity index (χ3v) is 3.46. The van der Waals surface area contributed by atoms with Crippen molar-refractivity contribution in [2.24, 2.45) is 5.10 Å². The lowest BCUT2D eigenvalue weighted by Crippen LogP contribution is -1.94. The molecule has 0 saturated carbocycles. The molecular weight excluding hydrogens is 332 g/mol. The lowest BCUT2D eigenvalue weighted by atomic mass is 10.2. The van der Waals surface area contributed by atoms with E-state index in [0.29, 0.717) is 21.3 Å². The summed E-state index contributed by atoms with van der Waals surface area (Å²) in [5.74, 6) is 0.514. The maximum absolute atomic E-state index is 6.20. The Morgan fingerprint density at radius 1 is 1.26 bits per heavy atom. The van der Waals surface area contributed by atoms with E-state index >= 15 is 0 Å². The fourth-order valence-corrected chi connectivity index (χ4v) is 2.30. The number of nitrogens with one attached hydrogen (secondary N) is 2. The predicted molar refractivity (Wildman–Crippen MR) is 93.9 cm³/mol. The molecule has 0 fully saturated rings. The number of halogens is 1. The maximum Gasteiger partial charge on any atom is 0.216 e. The highest BCUT2D eigenvalue weighted by Crippen LogP contribution is 2.15. The number of aromatic amines is 2. The summed E-state index contributed by atoms with van der Waals surface area (Å²) in [6, 6.07) is 11.6. The van der Waals surface area contributed by atoms with Gasteiger partial charge in [-0.1, -0.05) is 41.9 Å². The normalized spacial score (nSPS) is 12.2. The number of hydrogen-bond acceptors (Lipinski definition) is 4. The number of hydrogen-bond donors (Lipinski definition) is 2. The van der Waals surface area contributed by atoms with Crippen LogP contribution >= 0.6 is 23.8 Å². The van der Waals surface area contributed by atoms with E-state index in [1.807, 2.05) is 49.4 Å². The van der Waals surface area contributed by atoms with Crippen molar-refractivity contribution in [1.29, 1.82) is 0 Å². The van der Waals surface area contributed by atoms with Crippen molar-refractivity contribution in [3.05, 3.63) is 57.5 Å². The second-order valence-electron chi connectivity index (χ2n) is 4.78. The Morgan fingerprint density at radius 2 is 2.04 bits per heavy atom. The Morgan fingerprint density at radius 3 is 2.74 bits per heavy atom. The molecule has 2 N–H and O–H groups in total. The summed E-state index contributed by atoms with van der Waals surface area (Å²) in [6.45, 7) is 1.91. The van der Waals surface area contributed by atoms with Gasteiger partial charge in [-0.3, -0.25) is 5.10 Å². The summed E-state index contributed by atoms with van der Waals surface area (Å²) in [5, 5.41) is 18.6. The van der Waals surface area contributed by atoms with Crippen LogP contribution in [-0.2, 0) is 0 Å². The minimum atomic E-state index is 0.362. The molecule has 0 aliphatic heterocycles. The number of rotatable bonds is 4. The summed E-state index contributed by atoms with van der Waals surface area (Å²) < 4.78 is 1.84. The van der Waals surface area contributed by atoms with Crippen molar-refractivity contribution in [3.8, 4) is 11.5 Å². The molecule has 6 nitrogen and oxygen atoms in total. The quantitative estimate of drug-likeness (QED) is 0.559. The highest BCUT2D eigenvalue weighted by Gasteiger charge is 2.10. The van der Waals surface area contributed by atoms with Crippen LogP contribution in [0.1, 0.15) is 11.3 Å². The van der Waals surface area contributed by atoms with E-state index in [1.165, 1.54) is 10.9 Å². The minimum absolute atomic E-state index is 0.362. The van der Waals surface area contributed by atoms with E-state index in [9.17, 15) is 0 Å². The smallest absolute Gasteiger partial charge is 0.216 e. The van der Waals surface area contributed by atoms with E-state index in [1.54, 1.807) is 0 Å². The van der Waals surface area contributed by atoms with E-state index < -0.39 is 0 Å². The first-order chi connectivity index (χ1) is 11.1. The van der Waals surface area contributed by atoms with Crippen LogP contribution in [0.2, 0.25) is 0 Å². The van der Waals surface area contributed by atoms with Crippen molar-refractivity contribution in [1.82, 2.24) is 25.1 Å². The number of aryl methyl sites for hydroxylation is 1. The molecule has 3 rings (SSSR count). The number of allylic oxidation sites excluding steroid dienone is 1. The molecule has 2 aromatic heterocycles. The summed E-state index contributed by atoms with van der Waals surface area (Å²) in [6.07, 6.45) is 3.33. The summed E-state index contributed by atoms with van der Waals surface area (Å²) in [5.41, 5.74) is 2.56. The van der Waals surface area contributed by atoms with Gasteiger partial charge in [0.2, 0.25) is 10.6 Å². The van der Waals surface area contributed by atoms with Crippen molar-refractivity contribution in [2.45, 2.75) is 6.92 Å². The minimum Gasteiger partial charge on any atom is -0.282 e. The largest absolute Gasteiger partial charge is 0.282 e. The predicted octanol–water partition coefficient (Wildman–Crippen LogP) is 3.75. The highest BCUT2D eigenvalue weighted by molar-refractivity contribution is 7.71. The van der Waals surface area contributed by atoms with Crippen LogP contribution in [0.3, 0.4) is 0 Å². The summed E-state index contributed by atoms with van der Waals surface area (Å²) in [4.78, 5) is 0. The third kappa shape index (κ3) is 3.64. The van der Waals surface area contributed by atoms with Crippen LogP contribution in [0.25, 0.3) is 17.6 Å². The molecule has 0 amide bonds. The van der Waals surface area contributed by atoms with Gasteiger partial charge in [-0.25, -0.2) is 5.10 Å². The zero-order chi connectivity index (χ0) is 16.2. The van der Waals surface area contributed by atoms with Gasteiger partial charge < -0.3 is 0 Å². The molecule has 0 spiro atoms. The number of aromatic nitrogens is 5. The van der Waals surface area contributed by atoms with Gasteiger partial charge in [-0.05, 0) is 36.8 Å². The van der Waals surface area contributed by atoms with Gasteiger partial charge in [-0.2, -0.15) is 20.0 Å². The number of benzene rings is 1. The van der Waals surface area contributed by atoms with Gasteiger partial charge in [0.25, 0.3) is 0 Å². The summed E-state index contributed by atoms with van der Waals surface area (Å²) >= 11 is 11.4. The monoisotopic (exact) mass is 344 g/mol. The van der Waals surface area contributed by atoms with Gasteiger partial charge in [-0.15, -0.1) is 0 Å². The lowest BCUT2D eigenvalue weighted by molar-refractivity contribution is 0.866. The third-order valence-electron chi connectivity index (χ3n) is 2.99. The van der Waals surface area contributed by atoms with Crippen LogP contribution in [0.15, 0.2) is 46.5 Å². The van der Waals surface area contributed by atoms with Crippen LogP contribution in [0.4, 0.5) is 0 Å². The van der Waals surface area contributed by atoms with Crippen molar-refractivity contribution < 1.29 is 0 Å². The molecule has 0 atom stereocenters. The van der Waals surface area contributed by atoms with Gasteiger partial charge in [0, 0.05) is 5.69 Å². The zero-order valence-corrected chi connectivity index (χ0v) is 13.8. The van der Waals surface area contributed by atoms with Crippen molar-refractivity contribution in [2.75, 3.05) is 0 Å². The first-order valence-corrected chi connectivity index (χ1v) is 7.58. The first kappa shape index (κ1) is 15.4. The fourth-order valence-electron chi connectivity index (χ4n) is 1.96. The molecule has 116 valence electrons. The molecule has 0 aliphatic rings. The van der Waals surface area contributed by atoms with Gasteiger partial charge in [0.05, 0.1) is 11.2 Å². The number of nitrogens with zero attached hydrogens (tertiary/aromatic N) is 4. The van der Waals surface area contributed by atoms with Crippen molar-refractivity contribution >= 4 is 36.1 Å². The zero-order valence-electron chi connectivity index (χ0n) is 12.2. The Labute approximate surface area is 142 Å². The van der Waals surface area contributed by atoms with Crippen LogP contribution in [0, 0.1) is 11.7 Å². The summed E-state index contributed by atoms with van der Waals surface area (Å²) in [7, 11) is 0. The maximum atomic E-state index is 6.20. The molecule has 1 aromatic carbocycles. The second kappa shape index (κ2) is 6.72. The molecule has 0 unspecified atom stereocenters. The second-order valence-corrected chi connectivity index (χ2v) is 5.61. The van der Waals surface area contributed by atoms with Crippen LogP contribution in [-0.4, -0.2) is 31.3 Å². The molecule has 23 heavy (non-hydrogen) atoms. The Hall–Kier alpha value is -2.51. The SMILES string of the molecule is Cc1cc(-c2n[nH]c(=S)n2/N=C/C(Cl)=C/c2ccccc2)n[nH]1. The average molecular weight is 345 g/mol. The molecule has 0 radical (unpaired) electrons. The average Bonchev–Trinajstić information content (AvgIpc) is 3.12. The topological polar surface area (TPSA) is 74.7 Å². The molecule has 2 heterocycles. The molecule has 0 saturated heterocycles. The van der Waals surface area contributed by atoms with E-state index in [2.05, 4.69) is 25.5 Å². The van der Waals surface area contributed by atoms with Crippen molar-refractivity contribution in [3.63, 3.8) is 0 Å². The van der Waals surface area contributed by atoms with Crippen LogP contribution in [0.5, 0.6) is 0 Å².